The molecule has 0 aromatic heterocycles. The van der Waals surface area contributed by atoms with Crippen LogP contribution in [0.1, 0.15) is 37.8 Å². The molecule has 2 rings (SSSR count). The van der Waals surface area contributed by atoms with Crippen molar-refractivity contribution < 1.29 is 8.78 Å². The topological polar surface area (TPSA) is 15.3 Å². The third kappa shape index (κ3) is 2.95. The fraction of sp³-hybridized carbons (Fsp3) is 0.600. The van der Waals surface area contributed by atoms with Crippen molar-refractivity contribution in [2.24, 2.45) is 0 Å². The summed E-state index contributed by atoms with van der Waals surface area (Å²) in [5.74, 6) is -0.745. The van der Waals surface area contributed by atoms with Gasteiger partial charge in [0, 0.05) is 23.7 Å². The highest BCUT2D eigenvalue weighted by atomic mass is 19.1. The molecule has 106 valence electrons. The minimum atomic E-state index is -0.393. The number of benzene rings is 1. The van der Waals surface area contributed by atoms with Gasteiger partial charge in [-0.1, -0.05) is 0 Å². The van der Waals surface area contributed by atoms with Gasteiger partial charge in [-0.2, -0.15) is 0 Å². The average molecular weight is 268 g/mol. The van der Waals surface area contributed by atoms with E-state index in [2.05, 4.69) is 24.3 Å². The molecule has 1 atom stereocenters. The summed E-state index contributed by atoms with van der Waals surface area (Å²) in [6.45, 7) is 2.68. The SMILES string of the molecule is CC(NCC1(N(C)C)CCC1)c1cc(F)ccc1F. The maximum atomic E-state index is 13.7. The van der Waals surface area contributed by atoms with Crippen LogP contribution < -0.4 is 5.32 Å². The largest absolute Gasteiger partial charge is 0.308 e. The molecular weight excluding hydrogens is 246 g/mol. The second kappa shape index (κ2) is 5.55. The number of halogens is 2. The lowest BCUT2D eigenvalue weighted by Crippen LogP contribution is -2.56. The Hall–Kier alpha value is -1.00. The Balaban J connectivity index is 2.01. The monoisotopic (exact) mass is 268 g/mol. The van der Waals surface area contributed by atoms with Crippen molar-refractivity contribution in [3.05, 3.63) is 35.4 Å². The van der Waals surface area contributed by atoms with Crippen LogP contribution in [0.3, 0.4) is 0 Å². The highest BCUT2D eigenvalue weighted by Crippen LogP contribution is 2.36. The first kappa shape index (κ1) is 14.4. The first-order chi connectivity index (χ1) is 8.94. The van der Waals surface area contributed by atoms with E-state index >= 15 is 0 Å². The Morgan fingerprint density at radius 3 is 2.53 bits per heavy atom. The number of hydrogen-bond acceptors (Lipinski definition) is 2. The van der Waals surface area contributed by atoms with Gasteiger partial charge in [0.1, 0.15) is 11.6 Å². The van der Waals surface area contributed by atoms with E-state index < -0.39 is 5.82 Å². The molecule has 1 saturated carbocycles. The summed E-state index contributed by atoms with van der Waals surface area (Å²) in [7, 11) is 4.16. The summed E-state index contributed by atoms with van der Waals surface area (Å²) in [4.78, 5) is 2.23. The second-order valence-electron chi connectivity index (χ2n) is 5.74. The molecule has 0 saturated heterocycles. The molecule has 4 heteroatoms. The van der Waals surface area contributed by atoms with Crippen LogP contribution >= 0.6 is 0 Å². The fourth-order valence-corrected chi connectivity index (χ4v) is 2.67. The maximum Gasteiger partial charge on any atom is 0.128 e. The molecule has 0 aliphatic heterocycles. The van der Waals surface area contributed by atoms with Crippen molar-refractivity contribution in [1.82, 2.24) is 10.2 Å². The highest BCUT2D eigenvalue weighted by Gasteiger charge is 2.38. The van der Waals surface area contributed by atoms with Gasteiger partial charge in [-0.3, -0.25) is 0 Å². The predicted molar refractivity (Wildman–Crippen MR) is 73.0 cm³/mol. The molecule has 1 aromatic carbocycles. The van der Waals surface area contributed by atoms with Gasteiger partial charge in [-0.05, 0) is 58.5 Å². The van der Waals surface area contributed by atoms with Crippen molar-refractivity contribution in [2.45, 2.75) is 37.8 Å². The Kier molecular flexibility index (Phi) is 4.21. The van der Waals surface area contributed by atoms with E-state index in [0.717, 1.165) is 25.5 Å². The quantitative estimate of drug-likeness (QED) is 0.882. The maximum absolute atomic E-state index is 13.7. The highest BCUT2D eigenvalue weighted by molar-refractivity contribution is 5.22. The van der Waals surface area contributed by atoms with E-state index in [0.29, 0.717) is 5.56 Å². The molecule has 0 spiro atoms. The van der Waals surface area contributed by atoms with Gasteiger partial charge in [0.25, 0.3) is 0 Å². The van der Waals surface area contributed by atoms with Crippen molar-refractivity contribution in [1.29, 1.82) is 0 Å². The summed E-state index contributed by atoms with van der Waals surface area (Å²) in [6, 6.07) is 3.43. The first-order valence-corrected chi connectivity index (χ1v) is 6.80. The molecular formula is C15H22F2N2. The standard InChI is InChI=1S/C15H22F2N2/c1-11(13-9-12(16)5-6-14(13)17)18-10-15(19(2)3)7-4-8-15/h5-6,9,11,18H,4,7-8,10H2,1-3H3. The summed E-state index contributed by atoms with van der Waals surface area (Å²) in [6.07, 6.45) is 3.55. The molecule has 1 aliphatic carbocycles. The minimum Gasteiger partial charge on any atom is -0.308 e. The lowest BCUT2D eigenvalue weighted by Gasteiger charge is -2.48. The van der Waals surface area contributed by atoms with Gasteiger partial charge in [0.05, 0.1) is 0 Å². The van der Waals surface area contributed by atoms with E-state index in [1.807, 2.05) is 6.92 Å². The zero-order chi connectivity index (χ0) is 14.0. The van der Waals surface area contributed by atoms with E-state index in [4.69, 9.17) is 0 Å². The number of likely N-dealkylation sites (N-methyl/N-ethyl adjacent to an activating group) is 1. The van der Waals surface area contributed by atoms with Crippen LogP contribution in [0.25, 0.3) is 0 Å². The zero-order valence-electron chi connectivity index (χ0n) is 11.8. The molecule has 2 nitrogen and oxygen atoms in total. The molecule has 1 unspecified atom stereocenters. The van der Waals surface area contributed by atoms with E-state index in [1.165, 1.54) is 18.6 Å². The van der Waals surface area contributed by atoms with E-state index in [9.17, 15) is 8.78 Å². The van der Waals surface area contributed by atoms with Crippen LogP contribution in [0.5, 0.6) is 0 Å². The zero-order valence-corrected chi connectivity index (χ0v) is 11.8. The van der Waals surface area contributed by atoms with Crippen LogP contribution in [0.15, 0.2) is 18.2 Å². The number of rotatable bonds is 5. The molecule has 0 bridgehead atoms. The molecule has 0 heterocycles. The van der Waals surface area contributed by atoms with Gasteiger partial charge in [0.15, 0.2) is 0 Å². The smallest absolute Gasteiger partial charge is 0.128 e. The van der Waals surface area contributed by atoms with E-state index in [1.54, 1.807) is 0 Å². The Labute approximate surface area is 113 Å². The Morgan fingerprint density at radius 2 is 2.00 bits per heavy atom. The van der Waals surface area contributed by atoms with Crippen LogP contribution in [-0.4, -0.2) is 31.1 Å². The van der Waals surface area contributed by atoms with Crippen molar-refractivity contribution in [3.8, 4) is 0 Å². The Bertz CT molecular complexity index is 442. The van der Waals surface area contributed by atoms with Crippen LogP contribution in [-0.2, 0) is 0 Å². The lowest BCUT2D eigenvalue weighted by atomic mass is 9.75. The number of hydrogen-bond donors (Lipinski definition) is 1. The van der Waals surface area contributed by atoms with Crippen LogP contribution in [0, 0.1) is 11.6 Å². The molecule has 19 heavy (non-hydrogen) atoms. The third-order valence-electron chi connectivity index (χ3n) is 4.39. The number of nitrogens with one attached hydrogen (secondary N) is 1. The molecule has 0 radical (unpaired) electrons. The van der Waals surface area contributed by atoms with Gasteiger partial charge >= 0.3 is 0 Å². The fourth-order valence-electron chi connectivity index (χ4n) is 2.67. The molecule has 1 fully saturated rings. The Morgan fingerprint density at radius 1 is 1.32 bits per heavy atom. The predicted octanol–water partition coefficient (Wildman–Crippen LogP) is 3.10. The summed E-state index contributed by atoms with van der Waals surface area (Å²) >= 11 is 0. The average Bonchev–Trinajstić information content (AvgIpc) is 2.30. The summed E-state index contributed by atoms with van der Waals surface area (Å²) in [5.41, 5.74) is 0.575. The van der Waals surface area contributed by atoms with Gasteiger partial charge in [0.2, 0.25) is 0 Å². The van der Waals surface area contributed by atoms with Gasteiger partial charge in [-0.25, -0.2) is 8.78 Å². The van der Waals surface area contributed by atoms with Gasteiger partial charge in [-0.15, -0.1) is 0 Å². The second-order valence-corrected chi connectivity index (χ2v) is 5.74. The third-order valence-corrected chi connectivity index (χ3v) is 4.39. The van der Waals surface area contributed by atoms with Crippen LogP contribution in [0.4, 0.5) is 8.78 Å². The molecule has 1 N–H and O–H groups in total. The lowest BCUT2D eigenvalue weighted by molar-refractivity contribution is 0.0575. The van der Waals surface area contributed by atoms with Crippen molar-refractivity contribution >= 4 is 0 Å². The summed E-state index contributed by atoms with van der Waals surface area (Å²) in [5, 5.41) is 3.34. The molecule has 1 aliphatic rings. The van der Waals surface area contributed by atoms with Crippen molar-refractivity contribution in [2.75, 3.05) is 20.6 Å². The molecule has 1 aromatic rings. The molecule has 0 amide bonds. The summed E-state index contributed by atoms with van der Waals surface area (Å²) < 4.78 is 26.9. The van der Waals surface area contributed by atoms with Gasteiger partial charge < -0.3 is 10.2 Å². The first-order valence-electron chi connectivity index (χ1n) is 6.80. The number of nitrogens with zero attached hydrogens (tertiary/aromatic N) is 1. The minimum absolute atomic E-state index is 0.179. The van der Waals surface area contributed by atoms with Crippen molar-refractivity contribution in [3.63, 3.8) is 0 Å². The normalized spacial score (nSPS) is 19.3. The van der Waals surface area contributed by atoms with Crippen LogP contribution in [0.2, 0.25) is 0 Å². The van der Waals surface area contributed by atoms with E-state index in [-0.39, 0.29) is 17.4 Å².